The summed E-state index contributed by atoms with van der Waals surface area (Å²) in [6, 6.07) is 8.71. The Morgan fingerprint density at radius 2 is 1.94 bits per heavy atom. The van der Waals surface area contributed by atoms with E-state index in [1.807, 2.05) is 30.3 Å². The van der Waals surface area contributed by atoms with Crippen LogP contribution in [0, 0.1) is 5.92 Å². The molecule has 0 spiro atoms. The molecule has 1 aromatic carbocycles. The summed E-state index contributed by atoms with van der Waals surface area (Å²) in [4.78, 5) is 22.5. The smallest absolute Gasteiger partial charge is 0.325 e. The molecule has 0 fully saturated rings. The van der Waals surface area contributed by atoms with E-state index in [1.54, 1.807) is 0 Å². The summed E-state index contributed by atoms with van der Waals surface area (Å²) >= 11 is 4.15. The molecule has 0 aliphatic carbocycles. The lowest BCUT2D eigenvalue weighted by Crippen LogP contribution is -2.42. The Morgan fingerprint density at radius 1 is 1.33 bits per heavy atom. The van der Waals surface area contributed by atoms with Crippen LogP contribution in [0.2, 0.25) is 0 Å². The Morgan fingerprint density at radius 3 is 2.44 bits per heavy atom. The van der Waals surface area contributed by atoms with Crippen molar-refractivity contribution in [2.45, 2.75) is 19.4 Å². The van der Waals surface area contributed by atoms with Gasteiger partial charge in [-0.15, -0.1) is 0 Å². The Kier molecular flexibility index (Phi) is 5.71. The van der Waals surface area contributed by atoms with Gasteiger partial charge in [-0.05, 0) is 18.9 Å². The third-order valence-corrected chi connectivity index (χ3v) is 3.09. The van der Waals surface area contributed by atoms with Crippen LogP contribution in [0.15, 0.2) is 30.3 Å². The molecule has 2 N–H and O–H groups in total. The molecule has 0 saturated heterocycles. The Labute approximate surface area is 112 Å². The average molecular weight is 267 g/mol. The molecule has 1 aromatic rings. The van der Waals surface area contributed by atoms with Crippen LogP contribution in [0.3, 0.4) is 0 Å². The summed E-state index contributed by atoms with van der Waals surface area (Å²) in [6.07, 6.45) is 0.558. The Balaban J connectivity index is 2.61. The molecular weight excluding hydrogens is 250 g/mol. The maximum absolute atomic E-state index is 11.9. The largest absolute Gasteiger partial charge is 0.480 e. The van der Waals surface area contributed by atoms with Gasteiger partial charge in [-0.1, -0.05) is 30.3 Å². The van der Waals surface area contributed by atoms with E-state index < -0.39 is 12.0 Å². The minimum Gasteiger partial charge on any atom is -0.480 e. The van der Waals surface area contributed by atoms with Crippen LogP contribution in [0.4, 0.5) is 0 Å². The number of amides is 1. The molecule has 5 heteroatoms. The molecule has 0 aromatic heterocycles. The Bertz CT molecular complexity index is 408. The van der Waals surface area contributed by atoms with Gasteiger partial charge < -0.3 is 10.4 Å². The van der Waals surface area contributed by atoms with Crippen molar-refractivity contribution in [2.24, 2.45) is 5.92 Å². The molecule has 4 nitrogen and oxygen atoms in total. The zero-order valence-electron chi connectivity index (χ0n) is 10.2. The molecule has 0 aliphatic rings. The fraction of sp³-hybridized carbons (Fsp3) is 0.385. The quantitative estimate of drug-likeness (QED) is 0.682. The predicted octanol–water partition coefficient (Wildman–Crippen LogP) is 1.36. The molecule has 0 bridgehead atoms. The number of hydrogen-bond donors (Lipinski definition) is 3. The first kappa shape index (κ1) is 14.6. The number of hydrogen-bond acceptors (Lipinski definition) is 3. The minimum absolute atomic E-state index is 0.274. The van der Waals surface area contributed by atoms with Crippen molar-refractivity contribution >= 4 is 24.5 Å². The average Bonchev–Trinajstić information content (AvgIpc) is 2.36. The zero-order chi connectivity index (χ0) is 13.5. The number of aliphatic carboxylic acids is 1. The first-order valence-corrected chi connectivity index (χ1v) is 6.35. The van der Waals surface area contributed by atoms with Crippen molar-refractivity contribution in [2.75, 3.05) is 5.75 Å². The van der Waals surface area contributed by atoms with E-state index in [0.29, 0.717) is 12.2 Å². The molecule has 0 saturated carbocycles. The van der Waals surface area contributed by atoms with Crippen LogP contribution < -0.4 is 5.32 Å². The molecule has 0 aliphatic heterocycles. The third-order valence-electron chi connectivity index (χ3n) is 2.65. The Hall–Kier alpha value is -1.49. The van der Waals surface area contributed by atoms with Gasteiger partial charge in [0.05, 0.1) is 5.92 Å². The van der Waals surface area contributed by atoms with E-state index in [4.69, 9.17) is 5.11 Å². The summed E-state index contributed by atoms with van der Waals surface area (Å²) in [5.74, 6) is -1.25. The lowest BCUT2D eigenvalue weighted by atomic mass is 10.00. The van der Waals surface area contributed by atoms with Crippen LogP contribution in [0.1, 0.15) is 12.5 Å². The molecule has 1 unspecified atom stereocenters. The maximum atomic E-state index is 11.9. The van der Waals surface area contributed by atoms with Crippen molar-refractivity contribution in [3.05, 3.63) is 35.9 Å². The van der Waals surface area contributed by atoms with Gasteiger partial charge in [-0.3, -0.25) is 9.59 Å². The second-order valence-corrected chi connectivity index (χ2v) is 4.50. The van der Waals surface area contributed by atoms with E-state index in [-0.39, 0.29) is 11.8 Å². The van der Waals surface area contributed by atoms with Gasteiger partial charge >= 0.3 is 5.97 Å². The fourth-order valence-electron chi connectivity index (χ4n) is 1.53. The summed E-state index contributed by atoms with van der Waals surface area (Å²) in [5, 5.41) is 11.2. The molecule has 2 atom stereocenters. The monoisotopic (exact) mass is 267 g/mol. The number of carboxylic acid groups (broad SMARTS) is 1. The van der Waals surface area contributed by atoms with Crippen molar-refractivity contribution < 1.29 is 14.7 Å². The lowest BCUT2D eigenvalue weighted by molar-refractivity contribution is -0.141. The van der Waals surface area contributed by atoms with Crippen LogP contribution >= 0.6 is 12.6 Å². The molecule has 0 heterocycles. The van der Waals surface area contributed by atoms with Gasteiger partial charge in [0.1, 0.15) is 6.04 Å². The number of rotatable bonds is 6. The lowest BCUT2D eigenvalue weighted by Gasteiger charge is -2.16. The van der Waals surface area contributed by atoms with Crippen LogP contribution in [-0.4, -0.2) is 28.8 Å². The first-order valence-electron chi connectivity index (χ1n) is 5.72. The molecular formula is C13H17NO3S. The normalized spacial score (nSPS) is 13.7. The second kappa shape index (κ2) is 7.06. The zero-order valence-corrected chi connectivity index (χ0v) is 11.1. The van der Waals surface area contributed by atoms with Crippen molar-refractivity contribution in [1.29, 1.82) is 0 Å². The first-order chi connectivity index (χ1) is 8.54. The van der Waals surface area contributed by atoms with E-state index in [1.165, 1.54) is 6.92 Å². The van der Waals surface area contributed by atoms with Crippen LogP contribution in [0.5, 0.6) is 0 Å². The standard InChI is InChI=1S/C13H17NO3S/c1-9(13(16)17)14-12(15)11(8-18)7-10-5-3-2-4-6-10/h2-6,9,11,18H,7-8H2,1H3,(H,14,15)(H,16,17)/t9-,11?/m0/s1. The SMILES string of the molecule is C[C@H](NC(=O)C(CS)Cc1ccccc1)C(=O)O. The van der Waals surface area contributed by atoms with Gasteiger partial charge in [-0.2, -0.15) is 12.6 Å². The van der Waals surface area contributed by atoms with Crippen molar-refractivity contribution in [3.8, 4) is 0 Å². The number of benzene rings is 1. The minimum atomic E-state index is -1.04. The topological polar surface area (TPSA) is 66.4 Å². The van der Waals surface area contributed by atoms with Gasteiger partial charge in [-0.25, -0.2) is 0 Å². The van der Waals surface area contributed by atoms with E-state index in [0.717, 1.165) is 5.56 Å². The highest BCUT2D eigenvalue weighted by molar-refractivity contribution is 7.80. The molecule has 0 radical (unpaired) electrons. The van der Waals surface area contributed by atoms with E-state index in [2.05, 4.69) is 17.9 Å². The molecule has 1 rings (SSSR count). The van der Waals surface area contributed by atoms with Crippen molar-refractivity contribution in [3.63, 3.8) is 0 Å². The van der Waals surface area contributed by atoms with Gasteiger partial charge in [0.25, 0.3) is 0 Å². The van der Waals surface area contributed by atoms with Gasteiger partial charge in [0.2, 0.25) is 5.91 Å². The summed E-state index contributed by atoms with van der Waals surface area (Å²) in [6.45, 7) is 1.44. The van der Waals surface area contributed by atoms with Gasteiger partial charge in [0, 0.05) is 5.75 Å². The number of thiol groups is 1. The highest BCUT2D eigenvalue weighted by Gasteiger charge is 2.21. The third kappa shape index (κ3) is 4.41. The summed E-state index contributed by atoms with van der Waals surface area (Å²) in [7, 11) is 0. The molecule has 18 heavy (non-hydrogen) atoms. The van der Waals surface area contributed by atoms with Crippen LogP contribution in [-0.2, 0) is 16.0 Å². The summed E-state index contributed by atoms with van der Waals surface area (Å²) in [5.41, 5.74) is 1.04. The summed E-state index contributed by atoms with van der Waals surface area (Å²) < 4.78 is 0. The highest BCUT2D eigenvalue weighted by atomic mass is 32.1. The second-order valence-electron chi connectivity index (χ2n) is 4.14. The molecule has 98 valence electrons. The van der Waals surface area contributed by atoms with E-state index in [9.17, 15) is 9.59 Å². The van der Waals surface area contributed by atoms with E-state index >= 15 is 0 Å². The highest BCUT2D eigenvalue weighted by Crippen LogP contribution is 2.10. The number of carboxylic acids is 1. The molecule has 1 amide bonds. The van der Waals surface area contributed by atoms with Gasteiger partial charge in [0.15, 0.2) is 0 Å². The number of nitrogens with one attached hydrogen (secondary N) is 1. The van der Waals surface area contributed by atoms with Crippen LogP contribution in [0.25, 0.3) is 0 Å². The predicted molar refractivity (Wildman–Crippen MR) is 72.7 cm³/mol. The fourth-order valence-corrected chi connectivity index (χ4v) is 1.83. The maximum Gasteiger partial charge on any atom is 0.325 e. The number of carbonyl (C=O) groups excluding carboxylic acids is 1. The number of carbonyl (C=O) groups is 2. The van der Waals surface area contributed by atoms with Crippen molar-refractivity contribution in [1.82, 2.24) is 5.32 Å².